The third kappa shape index (κ3) is 1.35. The molecule has 0 saturated heterocycles. The van der Waals surface area contributed by atoms with Crippen molar-refractivity contribution in [3.63, 3.8) is 0 Å². The number of nitrogens with one attached hydrogen (secondary N) is 1. The Morgan fingerprint density at radius 2 is 2.21 bits per heavy atom. The molecule has 2 aromatic heterocycles. The first-order valence-electron chi connectivity index (χ1n) is 4.33. The molecule has 0 unspecified atom stereocenters. The maximum Gasteiger partial charge on any atom is 0.191 e. The van der Waals surface area contributed by atoms with Crippen molar-refractivity contribution >= 4 is 16.7 Å². The van der Waals surface area contributed by atoms with Crippen LogP contribution < -0.4 is 10.3 Å². The highest BCUT2D eigenvalue weighted by Gasteiger charge is 2.02. The zero-order chi connectivity index (χ0) is 10.1. The molecule has 72 valence electrons. The number of aromatic amines is 1. The highest BCUT2D eigenvalue weighted by atomic mass is 16.1. The van der Waals surface area contributed by atoms with Gasteiger partial charge in [0.25, 0.3) is 0 Å². The molecular weight excluding hydrogens is 178 g/mol. The third-order valence-corrected chi connectivity index (χ3v) is 2.10. The Morgan fingerprint density at radius 3 is 2.93 bits per heavy atom. The molecule has 0 bridgehead atoms. The topological polar surface area (TPSA) is 49.0 Å². The molecule has 0 aliphatic rings. The normalized spacial score (nSPS) is 10.4. The van der Waals surface area contributed by atoms with Gasteiger partial charge < -0.3 is 9.88 Å². The summed E-state index contributed by atoms with van der Waals surface area (Å²) in [6.07, 6.45) is 3.27. The van der Waals surface area contributed by atoms with E-state index in [-0.39, 0.29) is 5.43 Å². The van der Waals surface area contributed by atoms with E-state index in [9.17, 15) is 4.79 Å². The molecule has 2 heterocycles. The van der Waals surface area contributed by atoms with E-state index in [0.29, 0.717) is 5.39 Å². The van der Waals surface area contributed by atoms with Crippen LogP contribution in [-0.2, 0) is 0 Å². The first-order chi connectivity index (χ1) is 6.68. The van der Waals surface area contributed by atoms with Crippen molar-refractivity contribution in [3.8, 4) is 0 Å². The molecule has 0 radical (unpaired) electrons. The average Bonchev–Trinajstić information content (AvgIpc) is 2.17. The second-order valence-electron chi connectivity index (χ2n) is 3.33. The largest absolute Gasteiger partial charge is 0.364 e. The molecule has 14 heavy (non-hydrogen) atoms. The highest BCUT2D eigenvalue weighted by molar-refractivity contribution is 5.78. The molecule has 0 atom stereocenters. The van der Waals surface area contributed by atoms with E-state index < -0.39 is 0 Å². The van der Waals surface area contributed by atoms with Gasteiger partial charge in [-0.1, -0.05) is 0 Å². The van der Waals surface area contributed by atoms with Crippen molar-refractivity contribution in [2.24, 2.45) is 0 Å². The van der Waals surface area contributed by atoms with Crippen molar-refractivity contribution in [1.82, 2.24) is 9.97 Å². The van der Waals surface area contributed by atoms with Gasteiger partial charge in [-0.05, 0) is 6.07 Å². The van der Waals surface area contributed by atoms with Crippen LogP contribution in [0.5, 0.6) is 0 Å². The number of fused-ring (bicyclic) bond motifs is 1. The summed E-state index contributed by atoms with van der Waals surface area (Å²) < 4.78 is 0. The van der Waals surface area contributed by atoms with Crippen LogP contribution in [0.1, 0.15) is 0 Å². The van der Waals surface area contributed by atoms with Gasteiger partial charge in [-0.2, -0.15) is 0 Å². The maximum absolute atomic E-state index is 11.6. The fourth-order valence-corrected chi connectivity index (χ4v) is 1.33. The quantitative estimate of drug-likeness (QED) is 0.727. The minimum absolute atomic E-state index is 0.0184. The number of rotatable bonds is 1. The summed E-state index contributed by atoms with van der Waals surface area (Å²) in [5.74, 6) is 0.788. The van der Waals surface area contributed by atoms with Gasteiger partial charge in [0, 0.05) is 31.7 Å². The van der Waals surface area contributed by atoms with Crippen LogP contribution in [0.25, 0.3) is 10.9 Å². The minimum atomic E-state index is 0.0184. The number of pyridine rings is 2. The van der Waals surface area contributed by atoms with Gasteiger partial charge >= 0.3 is 0 Å². The predicted octanol–water partition coefficient (Wildman–Crippen LogP) is 0.989. The Hall–Kier alpha value is -1.84. The van der Waals surface area contributed by atoms with Crippen LogP contribution in [0.4, 0.5) is 5.82 Å². The van der Waals surface area contributed by atoms with Crippen molar-refractivity contribution < 1.29 is 0 Å². The smallest absolute Gasteiger partial charge is 0.191 e. The molecular formula is C10H11N3O. The van der Waals surface area contributed by atoms with E-state index >= 15 is 0 Å². The molecule has 0 amide bonds. The molecule has 4 heteroatoms. The van der Waals surface area contributed by atoms with E-state index in [0.717, 1.165) is 11.3 Å². The number of nitrogens with zero attached hydrogens (tertiary/aromatic N) is 2. The van der Waals surface area contributed by atoms with Crippen molar-refractivity contribution in [2.75, 3.05) is 19.0 Å². The lowest BCUT2D eigenvalue weighted by Gasteiger charge is -2.12. The zero-order valence-electron chi connectivity index (χ0n) is 8.11. The molecule has 0 aliphatic carbocycles. The standard InChI is InChI=1S/C10H11N3O/c1-13(2)10-5-9(14)7-3-4-11-6-8(7)12-10/h3-6H,1-2H3,(H,12,14). The predicted molar refractivity (Wildman–Crippen MR) is 56.7 cm³/mol. The first-order valence-corrected chi connectivity index (χ1v) is 4.33. The molecule has 0 aromatic carbocycles. The van der Waals surface area contributed by atoms with E-state index in [1.807, 2.05) is 19.0 Å². The Balaban J connectivity index is 2.79. The molecule has 0 spiro atoms. The summed E-state index contributed by atoms with van der Waals surface area (Å²) in [7, 11) is 3.76. The SMILES string of the molecule is CN(C)c1cc(=O)c2ccncc2[nH]1. The molecule has 2 aromatic rings. The Labute approximate surface area is 81.2 Å². The lowest BCUT2D eigenvalue weighted by molar-refractivity contribution is 1.08. The van der Waals surface area contributed by atoms with Gasteiger partial charge in [0.15, 0.2) is 5.43 Å². The molecule has 0 aliphatic heterocycles. The lowest BCUT2D eigenvalue weighted by atomic mass is 10.2. The molecule has 4 nitrogen and oxygen atoms in total. The minimum Gasteiger partial charge on any atom is -0.364 e. The number of aromatic nitrogens is 2. The van der Waals surface area contributed by atoms with E-state index in [2.05, 4.69) is 9.97 Å². The van der Waals surface area contributed by atoms with Crippen LogP contribution >= 0.6 is 0 Å². The van der Waals surface area contributed by atoms with Gasteiger partial charge in [-0.15, -0.1) is 0 Å². The fourth-order valence-electron chi connectivity index (χ4n) is 1.33. The zero-order valence-corrected chi connectivity index (χ0v) is 8.11. The van der Waals surface area contributed by atoms with E-state index in [1.54, 1.807) is 24.5 Å². The number of anilines is 1. The van der Waals surface area contributed by atoms with Gasteiger partial charge in [0.05, 0.1) is 11.7 Å². The summed E-state index contributed by atoms with van der Waals surface area (Å²) in [6.45, 7) is 0. The summed E-state index contributed by atoms with van der Waals surface area (Å²) >= 11 is 0. The summed E-state index contributed by atoms with van der Waals surface area (Å²) in [4.78, 5) is 20.6. The molecule has 0 fully saturated rings. The number of hydrogen-bond acceptors (Lipinski definition) is 3. The second kappa shape index (κ2) is 3.14. The van der Waals surface area contributed by atoms with Gasteiger partial charge in [-0.3, -0.25) is 9.78 Å². The second-order valence-corrected chi connectivity index (χ2v) is 3.33. The van der Waals surface area contributed by atoms with Gasteiger partial charge in [-0.25, -0.2) is 0 Å². The number of hydrogen-bond donors (Lipinski definition) is 1. The molecule has 0 saturated carbocycles. The number of H-pyrrole nitrogens is 1. The average molecular weight is 189 g/mol. The van der Waals surface area contributed by atoms with Crippen LogP contribution in [0.2, 0.25) is 0 Å². The lowest BCUT2D eigenvalue weighted by Crippen LogP contribution is -2.14. The monoisotopic (exact) mass is 189 g/mol. The van der Waals surface area contributed by atoms with E-state index in [1.165, 1.54) is 0 Å². The molecule has 2 rings (SSSR count). The van der Waals surface area contributed by atoms with Crippen molar-refractivity contribution in [1.29, 1.82) is 0 Å². The first kappa shape index (κ1) is 8.74. The highest BCUT2D eigenvalue weighted by Crippen LogP contribution is 2.10. The molecule has 1 N–H and O–H groups in total. The Kier molecular flexibility index (Phi) is 1.96. The van der Waals surface area contributed by atoms with Crippen molar-refractivity contribution in [3.05, 3.63) is 34.7 Å². The Bertz CT molecular complexity index is 516. The van der Waals surface area contributed by atoms with Crippen LogP contribution in [0.3, 0.4) is 0 Å². The van der Waals surface area contributed by atoms with Crippen molar-refractivity contribution in [2.45, 2.75) is 0 Å². The van der Waals surface area contributed by atoms with Gasteiger partial charge in [0.1, 0.15) is 5.82 Å². The fraction of sp³-hybridized carbons (Fsp3) is 0.200. The van der Waals surface area contributed by atoms with Gasteiger partial charge in [0.2, 0.25) is 0 Å². The summed E-state index contributed by atoms with van der Waals surface area (Å²) in [6, 6.07) is 3.30. The van der Waals surface area contributed by atoms with Crippen LogP contribution in [0, 0.1) is 0 Å². The third-order valence-electron chi connectivity index (χ3n) is 2.10. The maximum atomic E-state index is 11.6. The Morgan fingerprint density at radius 1 is 1.43 bits per heavy atom. The summed E-state index contributed by atoms with van der Waals surface area (Å²) in [5.41, 5.74) is 0.786. The van der Waals surface area contributed by atoms with Crippen LogP contribution in [0.15, 0.2) is 29.3 Å². The summed E-state index contributed by atoms with van der Waals surface area (Å²) in [5, 5.41) is 0.672. The van der Waals surface area contributed by atoms with E-state index in [4.69, 9.17) is 0 Å². The van der Waals surface area contributed by atoms with Crippen LogP contribution in [-0.4, -0.2) is 24.1 Å².